The zero-order valence-electron chi connectivity index (χ0n) is 13.7. The van der Waals surface area contributed by atoms with Crippen molar-refractivity contribution in [1.29, 1.82) is 0 Å². The van der Waals surface area contributed by atoms with Gasteiger partial charge in [0.05, 0.1) is 11.4 Å². The van der Waals surface area contributed by atoms with Crippen LogP contribution in [0, 0.1) is 0 Å². The van der Waals surface area contributed by atoms with Crippen molar-refractivity contribution in [2.75, 3.05) is 5.43 Å². The molecular weight excluding hydrogens is 308 g/mol. The fraction of sp³-hybridized carbons (Fsp3) is 0. The Hall–Kier alpha value is -3.46. The highest BCUT2D eigenvalue weighted by Gasteiger charge is 2.03. The molecule has 0 unspecified atom stereocenters. The molecule has 122 valence electrons. The Morgan fingerprint density at radius 2 is 1.20 bits per heavy atom. The standard InChI is InChI=1S/C22H18N2O/c25-22(19-12-6-2-7-13-19)17-16-21(18-10-4-1-5-11-18)24-23-20-14-8-3-9-15-20/h1-17,23H/b17-16+,24-21-. The first kappa shape index (κ1) is 16.4. The summed E-state index contributed by atoms with van der Waals surface area (Å²) < 4.78 is 0. The third-order valence-electron chi connectivity index (χ3n) is 3.60. The Morgan fingerprint density at radius 3 is 1.80 bits per heavy atom. The molecule has 3 aromatic carbocycles. The number of ketones is 1. The first-order valence-corrected chi connectivity index (χ1v) is 8.04. The predicted molar refractivity (Wildman–Crippen MR) is 103 cm³/mol. The van der Waals surface area contributed by atoms with E-state index in [0.29, 0.717) is 11.3 Å². The molecule has 0 atom stereocenters. The quantitative estimate of drug-likeness (QED) is 0.302. The number of nitrogens with one attached hydrogen (secondary N) is 1. The molecule has 3 nitrogen and oxygen atoms in total. The summed E-state index contributed by atoms with van der Waals surface area (Å²) in [6.45, 7) is 0. The fourth-order valence-corrected chi connectivity index (χ4v) is 2.30. The van der Waals surface area contributed by atoms with Crippen LogP contribution in [0.15, 0.2) is 108 Å². The highest BCUT2D eigenvalue weighted by molar-refractivity contribution is 6.14. The second-order valence-electron chi connectivity index (χ2n) is 5.40. The molecule has 0 aromatic heterocycles. The van der Waals surface area contributed by atoms with Crippen LogP contribution in [-0.4, -0.2) is 11.5 Å². The molecule has 0 spiro atoms. The van der Waals surface area contributed by atoms with Crippen molar-refractivity contribution >= 4 is 17.2 Å². The van der Waals surface area contributed by atoms with Gasteiger partial charge in [0.15, 0.2) is 5.78 Å². The Bertz CT molecular complexity index is 870. The molecule has 1 N–H and O–H groups in total. The van der Waals surface area contributed by atoms with Crippen LogP contribution in [0.5, 0.6) is 0 Å². The highest BCUT2D eigenvalue weighted by Crippen LogP contribution is 2.09. The Kier molecular flexibility index (Phi) is 5.52. The Morgan fingerprint density at radius 1 is 0.680 bits per heavy atom. The molecule has 25 heavy (non-hydrogen) atoms. The van der Waals surface area contributed by atoms with E-state index in [2.05, 4.69) is 10.5 Å². The first-order valence-electron chi connectivity index (χ1n) is 8.04. The monoisotopic (exact) mass is 326 g/mol. The number of allylic oxidation sites excluding steroid dienone is 2. The fourth-order valence-electron chi connectivity index (χ4n) is 2.30. The van der Waals surface area contributed by atoms with Gasteiger partial charge < -0.3 is 0 Å². The third kappa shape index (κ3) is 4.75. The van der Waals surface area contributed by atoms with Gasteiger partial charge in [0.1, 0.15) is 0 Å². The summed E-state index contributed by atoms with van der Waals surface area (Å²) >= 11 is 0. The second kappa shape index (κ2) is 8.41. The molecule has 0 aliphatic rings. The van der Waals surface area contributed by atoms with Gasteiger partial charge in [0.2, 0.25) is 0 Å². The van der Waals surface area contributed by atoms with E-state index < -0.39 is 0 Å². The molecule has 0 aliphatic carbocycles. The molecule has 3 rings (SSSR count). The first-order chi connectivity index (χ1) is 12.3. The maximum atomic E-state index is 12.3. The van der Waals surface area contributed by atoms with Crippen molar-refractivity contribution in [1.82, 2.24) is 0 Å². The molecule has 0 saturated heterocycles. The van der Waals surface area contributed by atoms with E-state index in [9.17, 15) is 4.79 Å². The van der Waals surface area contributed by atoms with Crippen LogP contribution in [0.25, 0.3) is 0 Å². The molecule has 0 radical (unpaired) electrons. The number of hydrogen-bond donors (Lipinski definition) is 1. The number of anilines is 1. The summed E-state index contributed by atoms with van der Waals surface area (Å²) in [7, 11) is 0. The SMILES string of the molecule is O=C(/C=C/C(=N/Nc1ccccc1)c1ccccc1)c1ccccc1. The number of hydrazone groups is 1. The Labute approximate surface area is 147 Å². The van der Waals surface area contributed by atoms with E-state index in [1.165, 1.54) is 0 Å². The van der Waals surface area contributed by atoms with E-state index >= 15 is 0 Å². The van der Waals surface area contributed by atoms with E-state index in [-0.39, 0.29) is 5.78 Å². The lowest BCUT2D eigenvalue weighted by Gasteiger charge is -2.04. The maximum absolute atomic E-state index is 12.3. The Balaban J connectivity index is 1.84. The van der Waals surface area contributed by atoms with E-state index in [1.807, 2.05) is 78.9 Å². The topological polar surface area (TPSA) is 41.5 Å². The number of nitrogens with zero attached hydrogens (tertiary/aromatic N) is 1. The summed E-state index contributed by atoms with van der Waals surface area (Å²) in [5.74, 6) is -0.0519. The van der Waals surface area contributed by atoms with Crippen LogP contribution in [-0.2, 0) is 0 Å². The van der Waals surface area contributed by atoms with Gasteiger partial charge in [0, 0.05) is 11.1 Å². The molecule has 0 fully saturated rings. The van der Waals surface area contributed by atoms with Crippen LogP contribution in [0.2, 0.25) is 0 Å². The predicted octanol–water partition coefficient (Wildman–Crippen LogP) is 4.94. The number of hydrogen-bond acceptors (Lipinski definition) is 3. The maximum Gasteiger partial charge on any atom is 0.185 e. The minimum absolute atomic E-state index is 0.0519. The summed E-state index contributed by atoms with van der Waals surface area (Å²) in [4.78, 5) is 12.3. The van der Waals surface area contributed by atoms with Gasteiger partial charge in [-0.1, -0.05) is 78.9 Å². The summed E-state index contributed by atoms with van der Waals surface area (Å²) in [5.41, 5.74) is 6.20. The second-order valence-corrected chi connectivity index (χ2v) is 5.40. The molecule has 0 bridgehead atoms. The van der Waals surface area contributed by atoms with Crippen LogP contribution >= 0.6 is 0 Å². The van der Waals surface area contributed by atoms with Gasteiger partial charge in [-0.15, -0.1) is 0 Å². The molecule has 0 aliphatic heterocycles. The van der Waals surface area contributed by atoms with E-state index in [0.717, 1.165) is 11.3 Å². The van der Waals surface area contributed by atoms with E-state index in [1.54, 1.807) is 24.3 Å². The average Bonchev–Trinajstić information content (AvgIpc) is 2.70. The van der Waals surface area contributed by atoms with Crippen molar-refractivity contribution in [3.8, 4) is 0 Å². The van der Waals surface area contributed by atoms with Crippen LogP contribution in [0.4, 0.5) is 5.69 Å². The summed E-state index contributed by atoms with van der Waals surface area (Å²) in [6, 6.07) is 28.7. The van der Waals surface area contributed by atoms with Gasteiger partial charge in [-0.05, 0) is 24.3 Å². The molecular formula is C22H18N2O. The molecule has 0 saturated carbocycles. The van der Waals surface area contributed by atoms with Gasteiger partial charge in [-0.2, -0.15) is 5.10 Å². The number of carbonyl (C=O) groups excluding carboxylic acids is 1. The van der Waals surface area contributed by atoms with Gasteiger partial charge in [-0.25, -0.2) is 0 Å². The number of carbonyl (C=O) groups is 1. The van der Waals surface area contributed by atoms with Crippen molar-refractivity contribution in [2.24, 2.45) is 5.10 Å². The highest BCUT2D eigenvalue weighted by atomic mass is 16.1. The van der Waals surface area contributed by atoms with E-state index in [4.69, 9.17) is 0 Å². The number of para-hydroxylation sites is 1. The van der Waals surface area contributed by atoms with Gasteiger partial charge in [-0.3, -0.25) is 10.2 Å². The third-order valence-corrected chi connectivity index (χ3v) is 3.60. The van der Waals surface area contributed by atoms with Crippen molar-refractivity contribution in [3.05, 3.63) is 114 Å². The normalized spacial score (nSPS) is 11.4. The zero-order valence-corrected chi connectivity index (χ0v) is 13.7. The molecule has 3 heteroatoms. The average molecular weight is 326 g/mol. The lowest BCUT2D eigenvalue weighted by molar-refractivity contribution is 0.104. The lowest BCUT2D eigenvalue weighted by atomic mass is 10.1. The van der Waals surface area contributed by atoms with Crippen molar-refractivity contribution < 1.29 is 4.79 Å². The largest absolute Gasteiger partial charge is 0.289 e. The minimum atomic E-state index is -0.0519. The molecule has 0 heterocycles. The van der Waals surface area contributed by atoms with Crippen molar-refractivity contribution in [2.45, 2.75) is 0 Å². The lowest BCUT2D eigenvalue weighted by Crippen LogP contribution is -2.03. The summed E-state index contributed by atoms with van der Waals surface area (Å²) in [6.07, 6.45) is 3.29. The zero-order chi connectivity index (χ0) is 17.3. The smallest absolute Gasteiger partial charge is 0.185 e. The van der Waals surface area contributed by atoms with Crippen molar-refractivity contribution in [3.63, 3.8) is 0 Å². The molecule has 3 aromatic rings. The van der Waals surface area contributed by atoms with Crippen LogP contribution < -0.4 is 5.43 Å². The van der Waals surface area contributed by atoms with Gasteiger partial charge >= 0.3 is 0 Å². The van der Waals surface area contributed by atoms with Gasteiger partial charge in [0.25, 0.3) is 0 Å². The minimum Gasteiger partial charge on any atom is -0.289 e. The number of rotatable bonds is 6. The summed E-state index contributed by atoms with van der Waals surface area (Å²) in [5, 5.41) is 4.46. The van der Waals surface area contributed by atoms with Crippen LogP contribution in [0.3, 0.4) is 0 Å². The van der Waals surface area contributed by atoms with Crippen LogP contribution in [0.1, 0.15) is 15.9 Å². The molecule has 0 amide bonds. The number of benzene rings is 3.